The minimum absolute atomic E-state index is 0.0299. The zero-order valence-electron chi connectivity index (χ0n) is 16.6. The van der Waals surface area contributed by atoms with Crippen LogP contribution in [0.4, 0.5) is 5.95 Å². The third-order valence-corrected chi connectivity index (χ3v) is 5.24. The minimum Gasteiger partial charge on any atom is -0.497 e. The third-order valence-electron chi connectivity index (χ3n) is 5.24. The second-order valence-corrected chi connectivity index (χ2v) is 7.12. The quantitative estimate of drug-likeness (QED) is 0.674. The van der Waals surface area contributed by atoms with Crippen LogP contribution in [0.15, 0.2) is 60.9 Å². The van der Waals surface area contributed by atoms with Crippen molar-refractivity contribution < 1.29 is 9.53 Å². The summed E-state index contributed by atoms with van der Waals surface area (Å²) in [7, 11) is 1.65. The monoisotopic (exact) mass is 391 g/mol. The number of carbonyl (C=O) groups excluding carboxylic acids is 1. The van der Waals surface area contributed by atoms with E-state index in [1.165, 1.54) is 6.33 Å². The Morgan fingerprint density at radius 2 is 1.90 bits per heavy atom. The van der Waals surface area contributed by atoms with E-state index in [1.807, 2.05) is 54.1 Å². The highest BCUT2D eigenvalue weighted by molar-refractivity contribution is 5.76. The average Bonchev–Trinajstić information content (AvgIpc) is 3.22. The fourth-order valence-corrected chi connectivity index (χ4v) is 3.87. The van der Waals surface area contributed by atoms with Crippen molar-refractivity contribution in [3.05, 3.63) is 72.1 Å². The molecule has 1 aromatic heterocycles. The smallest absolute Gasteiger partial charge is 0.222 e. The van der Waals surface area contributed by atoms with E-state index in [0.717, 1.165) is 23.3 Å². The Kier molecular flexibility index (Phi) is 5.46. The number of aromatic nitrogens is 3. The van der Waals surface area contributed by atoms with Crippen LogP contribution in [-0.2, 0) is 4.79 Å². The molecule has 0 aliphatic carbocycles. The fourth-order valence-electron chi connectivity index (χ4n) is 3.87. The van der Waals surface area contributed by atoms with Crippen LogP contribution in [-0.4, -0.2) is 33.8 Å². The molecule has 4 rings (SSSR count). The normalized spacial score (nSPS) is 20.4. The van der Waals surface area contributed by atoms with Gasteiger partial charge in [-0.15, -0.1) is 0 Å². The van der Waals surface area contributed by atoms with Crippen LogP contribution < -0.4 is 15.4 Å². The van der Waals surface area contributed by atoms with Crippen molar-refractivity contribution in [2.45, 2.75) is 37.9 Å². The maximum atomic E-state index is 12.6. The fraction of sp³-hybridized carbons (Fsp3) is 0.318. The molecular weight excluding hydrogens is 366 g/mol. The summed E-state index contributed by atoms with van der Waals surface area (Å²) in [5, 5.41) is 11.2. The Hall–Kier alpha value is -3.35. The lowest BCUT2D eigenvalue weighted by Gasteiger charge is -2.40. The van der Waals surface area contributed by atoms with Gasteiger partial charge in [0.1, 0.15) is 18.1 Å². The number of methoxy groups -OCH3 is 1. The lowest BCUT2D eigenvalue weighted by atomic mass is 9.88. The maximum Gasteiger partial charge on any atom is 0.222 e. The molecule has 2 aromatic carbocycles. The van der Waals surface area contributed by atoms with E-state index < -0.39 is 0 Å². The molecule has 2 N–H and O–H groups in total. The summed E-state index contributed by atoms with van der Waals surface area (Å²) in [5.41, 5.74) is 2.11. The van der Waals surface area contributed by atoms with Crippen molar-refractivity contribution in [2.24, 2.45) is 0 Å². The number of fused-ring (bicyclic) bond motifs is 1. The molecule has 3 atom stereocenters. The number of anilines is 1. The number of amides is 1. The van der Waals surface area contributed by atoms with Gasteiger partial charge in [-0.1, -0.05) is 49.4 Å². The SMILES string of the molecule is CCCC(=O)N[C@@H]1[C@H](c2ccccc2)Nc2ncnn2[C@H]1c1ccc(OC)cc1. The molecule has 29 heavy (non-hydrogen) atoms. The zero-order valence-corrected chi connectivity index (χ0v) is 16.6. The molecular formula is C22H25N5O2. The lowest BCUT2D eigenvalue weighted by Crippen LogP contribution is -2.51. The van der Waals surface area contributed by atoms with Gasteiger partial charge in [0.15, 0.2) is 0 Å². The Bertz CT molecular complexity index is 955. The number of rotatable bonds is 6. The van der Waals surface area contributed by atoms with Gasteiger partial charge >= 0.3 is 0 Å². The van der Waals surface area contributed by atoms with E-state index in [1.54, 1.807) is 7.11 Å². The highest BCUT2D eigenvalue weighted by Gasteiger charge is 2.40. The summed E-state index contributed by atoms with van der Waals surface area (Å²) in [5.74, 6) is 1.50. The van der Waals surface area contributed by atoms with E-state index in [-0.39, 0.29) is 24.0 Å². The van der Waals surface area contributed by atoms with E-state index >= 15 is 0 Å². The van der Waals surface area contributed by atoms with Gasteiger partial charge in [0.25, 0.3) is 0 Å². The summed E-state index contributed by atoms with van der Waals surface area (Å²) >= 11 is 0. The van der Waals surface area contributed by atoms with Crippen LogP contribution >= 0.6 is 0 Å². The lowest BCUT2D eigenvalue weighted by molar-refractivity contribution is -0.122. The molecule has 150 valence electrons. The van der Waals surface area contributed by atoms with E-state index in [0.29, 0.717) is 12.4 Å². The molecule has 0 radical (unpaired) electrons. The first-order chi connectivity index (χ1) is 14.2. The molecule has 0 saturated heterocycles. The number of hydrogen-bond donors (Lipinski definition) is 2. The van der Waals surface area contributed by atoms with Crippen molar-refractivity contribution >= 4 is 11.9 Å². The van der Waals surface area contributed by atoms with Crippen molar-refractivity contribution in [2.75, 3.05) is 12.4 Å². The van der Waals surface area contributed by atoms with E-state index in [9.17, 15) is 4.79 Å². The first-order valence-electron chi connectivity index (χ1n) is 9.85. The van der Waals surface area contributed by atoms with Gasteiger partial charge in [0, 0.05) is 6.42 Å². The molecule has 0 spiro atoms. The van der Waals surface area contributed by atoms with Crippen LogP contribution in [0.25, 0.3) is 0 Å². The maximum absolute atomic E-state index is 12.6. The van der Waals surface area contributed by atoms with Crippen LogP contribution in [0.5, 0.6) is 5.75 Å². The Balaban J connectivity index is 1.80. The zero-order chi connectivity index (χ0) is 20.2. The molecule has 0 unspecified atom stereocenters. The topological polar surface area (TPSA) is 81.1 Å². The number of benzene rings is 2. The van der Waals surface area contributed by atoms with Crippen molar-refractivity contribution in [1.29, 1.82) is 0 Å². The standard InChI is InChI=1S/C22H25N5O2/c1-3-7-18(28)25-20-19(15-8-5-4-6-9-15)26-22-23-14-24-27(22)21(20)16-10-12-17(29-2)13-11-16/h4-6,8-14,19-21H,3,7H2,1-2H3,(H,25,28)(H,23,24,26)/t19-,20+,21-/m0/s1. The first-order valence-corrected chi connectivity index (χ1v) is 9.85. The molecule has 7 nitrogen and oxygen atoms in total. The molecule has 0 bridgehead atoms. The van der Waals surface area contributed by atoms with Gasteiger partial charge in [0.2, 0.25) is 11.9 Å². The number of nitrogens with zero attached hydrogens (tertiary/aromatic N) is 3. The number of carbonyl (C=O) groups is 1. The predicted octanol–water partition coefficient (Wildman–Crippen LogP) is 3.33. The molecule has 1 amide bonds. The van der Waals surface area contributed by atoms with Gasteiger partial charge in [-0.05, 0) is 29.7 Å². The summed E-state index contributed by atoms with van der Waals surface area (Å²) in [6.07, 6.45) is 2.82. The number of nitrogens with one attached hydrogen (secondary N) is 2. The molecule has 0 fully saturated rings. The van der Waals surface area contributed by atoms with Gasteiger partial charge in [-0.25, -0.2) is 4.68 Å². The Morgan fingerprint density at radius 3 is 2.59 bits per heavy atom. The molecule has 7 heteroatoms. The van der Waals surface area contributed by atoms with Gasteiger partial charge in [0.05, 0.1) is 19.2 Å². The summed E-state index contributed by atoms with van der Waals surface area (Å²) in [4.78, 5) is 17.0. The largest absolute Gasteiger partial charge is 0.497 e. The Morgan fingerprint density at radius 1 is 1.14 bits per heavy atom. The van der Waals surface area contributed by atoms with Crippen LogP contribution in [0.3, 0.4) is 0 Å². The highest BCUT2D eigenvalue weighted by Crippen LogP contribution is 2.38. The second-order valence-electron chi connectivity index (χ2n) is 7.12. The van der Waals surface area contributed by atoms with Crippen LogP contribution in [0, 0.1) is 0 Å². The van der Waals surface area contributed by atoms with Gasteiger partial charge < -0.3 is 15.4 Å². The van der Waals surface area contributed by atoms with Crippen molar-refractivity contribution in [1.82, 2.24) is 20.1 Å². The van der Waals surface area contributed by atoms with Crippen LogP contribution in [0.2, 0.25) is 0 Å². The van der Waals surface area contributed by atoms with Crippen molar-refractivity contribution in [3.8, 4) is 5.75 Å². The molecule has 0 saturated carbocycles. The first kappa shape index (κ1) is 19.0. The third kappa shape index (κ3) is 3.81. The summed E-state index contributed by atoms with van der Waals surface area (Å²) in [6.45, 7) is 2.00. The van der Waals surface area contributed by atoms with Crippen LogP contribution in [0.1, 0.15) is 43.0 Å². The average molecular weight is 391 g/mol. The molecule has 2 heterocycles. The van der Waals surface area contributed by atoms with Crippen molar-refractivity contribution in [3.63, 3.8) is 0 Å². The number of ether oxygens (including phenoxy) is 1. The molecule has 1 aliphatic rings. The molecule has 1 aliphatic heterocycles. The minimum atomic E-state index is -0.237. The molecule has 3 aromatic rings. The predicted molar refractivity (Wildman–Crippen MR) is 111 cm³/mol. The highest BCUT2D eigenvalue weighted by atomic mass is 16.5. The second kappa shape index (κ2) is 8.34. The van der Waals surface area contributed by atoms with Gasteiger partial charge in [-0.2, -0.15) is 10.1 Å². The van der Waals surface area contributed by atoms with Gasteiger partial charge in [-0.3, -0.25) is 4.79 Å². The summed E-state index contributed by atoms with van der Waals surface area (Å²) < 4.78 is 7.15. The summed E-state index contributed by atoms with van der Waals surface area (Å²) in [6, 6.07) is 17.4. The Labute approximate surface area is 170 Å². The number of hydrogen-bond acceptors (Lipinski definition) is 5. The van der Waals surface area contributed by atoms with E-state index in [2.05, 4.69) is 32.8 Å². The van der Waals surface area contributed by atoms with E-state index in [4.69, 9.17) is 4.74 Å².